The second kappa shape index (κ2) is 10.2. The predicted molar refractivity (Wildman–Crippen MR) is 137 cm³/mol. The Morgan fingerprint density at radius 2 is 1.78 bits per heavy atom. The molecule has 0 atom stereocenters. The molecule has 0 spiro atoms. The normalized spacial score (nSPS) is 11.8. The molecule has 0 bridgehead atoms. The fourth-order valence-electron chi connectivity index (χ4n) is 3.58. The van der Waals surface area contributed by atoms with Crippen molar-refractivity contribution in [3.05, 3.63) is 86.9 Å². The monoisotopic (exact) mass is 501 g/mol. The number of esters is 1. The molecule has 0 saturated heterocycles. The lowest BCUT2D eigenvalue weighted by atomic mass is 10.1. The van der Waals surface area contributed by atoms with Gasteiger partial charge in [-0.2, -0.15) is 9.50 Å². The summed E-state index contributed by atoms with van der Waals surface area (Å²) in [5, 5.41) is 4.40. The van der Waals surface area contributed by atoms with Gasteiger partial charge in [0.15, 0.2) is 5.82 Å². The minimum absolute atomic E-state index is 0.256. The standard InChI is InChI=1S/C27H23N3O5S/c1-3-15-34-20-11-9-18(10-12-20)24-28-27-30(29-24)25(31)23(36-27)16-21-13-14-22(35-21)17-5-7-19(8-6-17)26(32)33-4-2/h5-14,16H,3-4,15H2,1-2H3/b23-16+. The van der Waals surface area contributed by atoms with Crippen molar-refractivity contribution in [3.8, 4) is 28.5 Å². The van der Waals surface area contributed by atoms with Gasteiger partial charge in [0.05, 0.1) is 18.8 Å². The van der Waals surface area contributed by atoms with Crippen LogP contribution in [0.2, 0.25) is 0 Å². The van der Waals surface area contributed by atoms with Crippen LogP contribution in [0.3, 0.4) is 0 Å². The summed E-state index contributed by atoms with van der Waals surface area (Å²) < 4.78 is 18.3. The van der Waals surface area contributed by atoms with Gasteiger partial charge < -0.3 is 13.9 Å². The number of thiazole rings is 1. The second-order valence-corrected chi connectivity index (χ2v) is 8.93. The molecule has 0 unspecified atom stereocenters. The lowest BCUT2D eigenvalue weighted by Gasteiger charge is -2.04. The first-order valence-electron chi connectivity index (χ1n) is 11.6. The number of benzene rings is 2. The molecule has 0 N–H and O–H groups in total. The van der Waals surface area contributed by atoms with Gasteiger partial charge >= 0.3 is 5.97 Å². The number of nitrogens with zero attached hydrogens (tertiary/aromatic N) is 3. The summed E-state index contributed by atoms with van der Waals surface area (Å²) in [6, 6.07) is 18.1. The van der Waals surface area contributed by atoms with E-state index < -0.39 is 0 Å². The molecule has 3 heterocycles. The van der Waals surface area contributed by atoms with Gasteiger partial charge in [0, 0.05) is 17.2 Å². The Morgan fingerprint density at radius 1 is 1.03 bits per heavy atom. The first kappa shape index (κ1) is 23.5. The highest BCUT2D eigenvalue weighted by Gasteiger charge is 2.13. The zero-order valence-corrected chi connectivity index (χ0v) is 20.6. The van der Waals surface area contributed by atoms with E-state index in [0.717, 1.165) is 23.3 Å². The molecular weight excluding hydrogens is 478 g/mol. The quantitative estimate of drug-likeness (QED) is 0.287. The maximum atomic E-state index is 12.9. The van der Waals surface area contributed by atoms with Crippen LogP contribution in [0.5, 0.6) is 5.75 Å². The number of hydrogen-bond donors (Lipinski definition) is 0. The minimum atomic E-state index is -0.363. The van der Waals surface area contributed by atoms with Crippen molar-refractivity contribution < 1.29 is 18.7 Å². The number of hydrogen-bond acceptors (Lipinski definition) is 8. The van der Waals surface area contributed by atoms with Crippen LogP contribution in [0, 0.1) is 0 Å². The van der Waals surface area contributed by atoms with Crippen molar-refractivity contribution >= 4 is 28.3 Å². The van der Waals surface area contributed by atoms with Gasteiger partial charge in [0.25, 0.3) is 5.56 Å². The van der Waals surface area contributed by atoms with Crippen LogP contribution in [0.25, 0.3) is 33.7 Å². The lowest BCUT2D eigenvalue weighted by Crippen LogP contribution is -2.23. The number of ether oxygens (including phenoxy) is 2. The minimum Gasteiger partial charge on any atom is -0.494 e. The van der Waals surface area contributed by atoms with E-state index in [2.05, 4.69) is 17.0 Å². The predicted octanol–water partition coefficient (Wildman–Crippen LogP) is 4.59. The van der Waals surface area contributed by atoms with Crippen molar-refractivity contribution in [1.82, 2.24) is 14.6 Å². The molecule has 0 amide bonds. The molecule has 5 aromatic rings. The van der Waals surface area contributed by atoms with Gasteiger partial charge in [-0.05, 0) is 61.9 Å². The van der Waals surface area contributed by atoms with Crippen molar-refractivity contribution in [2.75, 3.05) is 13.2 Å². The maximum Gasteiger partial charge on any atom is 0.338 e. The molecule has 0 radical (unpaired) electrons. The molecule has 0 saturated carbocycles. The van der Waals surface area contributed by atoms with Gasteiger partial charge in [0.1, 0.15) is 21.8 Å². The largest absolute Gasteiger partial charge is 0.494 e. The molecule has 3 aromatic heterocycles. The van der Waals surface area contributed by atoms with Gasteiger partial charge in [0.2, 0.25) is 4.96 Å². The highest BCUT2D eigenvalue weighted by atomic mass is 32.1. The van der Waals surface area contributed by atoms with Crippen LogP contribution in [0.15, 0.2) is 69.9 Å². The zero-order valence-electron chi connectivity index (χ0n) is 19.8. The first-order chi connectivity index (χ1) is 17.6. The third kappa shape index (κ3) is 4.78. The highest BCUT2D eigenvalue weighted by Crippen LogP contribution is 2.24. The van der Waals surface area contributed by atoms with E-state index in [4.69, 9.17) is 13.9 Å². The van der Waals surface area contributed by atoms with Gasteiger partial charge in [-0.15, -0.1) is 5.10 Å². The number of aromatic nitrogens is 3. The van der Waals surface area contributed by atoms with E-state index >= 15 is 0 Å². The summed E-state index contributed by atoms with van der Waals surface area (Å²) in [7, 11) is 0. The number of carbonyl (C=O) groups is 1. The summed E-state index contributed by atoms with van der Waals surface area (Å²) in [4.78, 5) is 29.8. The molecular formula is C27H23N3O5S. The fraction of sp³-hybridized carbons (Fsp3) is 0.185. The Bertz CT molecular complexity index is 1610. The number of fused-ring (bicyclic) bond motifs is 1. The summed E-state index contributed by atoms with van der Waals surface area (Å²) in [5.41, 5.74) is 1.84. The third-order valence-corrected chi connectivity index (χ3v) is 6.31. The van der Waals surface area contributed by atoms with Crippen LogP contribution >= 0.6 is 11.3 Å². The SMILES string of the molecule is CCCOc1ccc(-c2nc3s/c(=C/c4ccc(-c5ccc(C(=O)OCC)cc5)o4)c(=O)n3n2)cc1. The molecule has 0 aliphatic heterocycles. The number of rotatable bonds is 8. The van der Waals surface area contributed by atoms with Crippen LogP contribution in [-0.4, -0.2) is 33.8 Å². The van der Waals surface area contributed by atoms with Crippen molar-refractivity contribution in [2.45, 2.75) is 20.3 Å². The summed E-state index contributed by atoms with van der Waals surface area (Å²) in [5.74, 6) is 2.06. The van der Waals surface area contributed by atoms with Crippen molar-refractivity contribution in [1.29, 1.82) is 0 Å². The van der Waals surface area contributed by atoms with Gasteiger partial charge in [-0.25, -0.2) is 4.79 Å². The topological polar surface area (TPSA) is 95.9 Å². The molecule has 9 heteroatoms. The van der Waals surface area contributed by atoms with E-state index in [9.17, 15) is 9.59 Å². The van der Waals surface area contributed by atoms with Gasteiger partial charge in [-0.1, -0.05) is 30.4 Å². The summed E-state index contributed by atoms with van der Waals surface area (Å²) >= 11 is 1.25. The fourth-order valence-corrected chi connectivity index (χ4v) is 4.46. The van der Waals surface area contributed by atoms with Crippen LogP contribution in [-0.2, 0) is 4.74 Å². The average molecular weight is 502 g/mol. The maximum absolute atomic E-state index is 12.9. The molecule has 0 aliphatic carbocycles. The van der Waals surface area contributed by atoms with Crippen LogP contribution < -0.4 is 14.8 Å². The molecule has 5 rings (SSSR count). The molecule has 8 nitrogen and oxygen atoms in total. The molecule has 0 aliphatic rings. The van der Waals surface area contributed by atoms with Crippen molar-refractivity contribution in [3.63, 3.8) is 0 Å². The molecule has 182 valence electrons. The van der Waals surface area contributed by atoms with Crippen molar-refractivity contribution in [2.24, 2.45) is 0 Å². The lowest BCUT2D eigenvalue weighted by molar-refractivity contribution is 0.0526. The van der Waals surface area contributed by atoms with Gasteiger partial charge in [-0.3, -0.25) is 4.79 Å². The van der Waals surface area contributed by atoms with Crippen LogP contribution in [0.4, 0.5) is 0 Å². The molecule has 36 heavy (non-hydrogen) atoms. The second-order valence-electron chi connectivity index (χ2n) is 7.92. The Kier molecular flexibility index (Phi) is 6.64. The van der Waals surface area contributed by atoms with E-state index in [1.54, 1.807) is 43.3 Å². The summed E-state index contributed by atoms with van der Waals surface area (Å²) in [6.07, 6.45) is 2.62. The first-order valence-corrected chi connectivity index (χ1v) is 12.4. The molecule has 2 aromatic carbocycles. The zero-order chi connectivity index (χ0) is 25.1. The third-order valence-electron chi connectivity index (χ3n) is 5.35. The van der Waals surface area contributed by atoms with E-state index in [1.807, 2.05) is 30.3 Å². The van der Waals surface area contributed by atoms with Crippen LogP contribution in [0.1, 0.15) is 36.4 Å². The smallest absolute Gasteiger partial charge is 0.338 e. The highest BCUT2D eigenvalue weighted by molar-refractivity contribution is 7.15. The Balaban J connectivity index is 1.37. The number of carbonyl (C=O) groups excluding carboxylic acids is 1. The van der Waals surface area contributed by atoms with E-state index in [1.165, 1.54) is 15.9 Å². The Hall–Kier alpha value is -4.24. The Morgan fingerprint density at radius 3 is 2.47 bits per heavy atom. The molecule has 0 fully saturated rings. The van der Waals surface area contributed by atoms with E-state index in [-0.39, 0.29) is 11.5 Å². The Labute approximate surface area is 210 Å². The number of furan rings is 1. The van der Waals surface area contributed by atoms with E-state index in [0.29, 0.717) is 45.6 Å². The average Bonchev–Trinajstić information content (AvgIpc) is 3.61. The summed E-state index contributed by atoms with van der Waals surface area (Å²) in [6.45, 7) is 4.81.